The molecular weight excluding hydrogens is 220 g/mol. The number of fused-ring (bicyclic) bond motifs is 1. The molecule has 2 heterocycles. The summed E-state index contributed by atoms with van der Waals surface area (Å²) in [6.45, 7) is 0. The minimum atomic E-state index is -0.523. The Labute approximate surface area is 94.7 Å². The van der Waals surface area contributed by atoms with Gasteiger partial charge in [0, 0.05) is 17.1 Å². The van der Waals surface area contributed by atoms with Crippen molar-refractivity contribution in [1.29, 1.82) is 0 Å². The average molecular weight is 228 g/mol. The number of H-pyrrole nitrogens is 2. The summed E-state index contributed by atoms with van der Waals surface area (Å²) >= 11 is 0. The lowest BCUT2D eigenvalue weighted by Crippen LogP contribution is -2.22. The summed E-state index contributed by atoms with van der Waals surface area (Å²) in [6, 6.07) is 7.31. The predicted molar refractivity (Wildman–Crippen MR) is 62.9 cm³/mol. The topological polar surface area (TPSA) is 78.9 Å². The number of benzene rings is 1. The van der Waals surface area contributed by atoms with E-state index in [4.69, 9.17) is 4.42 Å². The SMILES string of the molecule is O=c1[nH]cc(-c2cccc3ccoc23)c(=O)[nH]1. The highest BCUT2D eigenvalue weighted by Crippen LogP contribution is 2.26. The maximum Gasteiger partial charge on any atom is 0.325 e. The van der Waals surface area contributed by atoms with Crippen LogP contribution >= 0.6 is 0 Å². The Kier molecular flexibility index (Phi) is 1.98. The van der Waals surface area contributed by atoms with Gasteiger partial charge < -0.3 is 9.40 Å². The first-order valence-corrected chi connectivity index (χ1v) is 5.04. The fraction of sp³-hybridized carbons (Fsp3) is 0. The molecule has 0 aliphatic heterocycles. The van der Waals surface area contributed by atoms with Gasteiger partial charge in [-0.2, -0.15) is 0 Å². The van der Waals surface area contributed by atoms with Crippen LogP contribution in [0.2, 0.25) is 0 Å². The van der Waals surface area contributed by atoms with Gasteiger partial charge in [-0.1, -0.05) is 18.2 Å². The van der Waals surface area contributed by atoms with Gasteiger partial charge >= 0.3 is 5.69 Å². The quantitative estimate of drug-likeness (QED) is 0.662. The second-order valence-electron chi connectivity index (χ2n) is 3.63. The molecule has 0 bridgehead atoms. The summed E-state index contributed by atoms with van der Waals surface area (Å²) in [7, 11) is 0. The Morgan fingerprint density at radius 2 is 1.94 bits per heavy atom. The zero-order valence-corrected chi connectivity index (χ0v) is 8.69. The number of aromatic amines is 2. The maximum atomic E-state index is 11.7. The highest BCUT2D eigenvalue weighted by atomic mass is 16.3. The van der Waals surface area contributed by atoms with Crippen LogP contribution in [-0.2, 0) is 0 Å². The van der Waals surface area contributed by atoms with Crippen molar-refractivity contribution in [2.75, 3.05) is 0 Å². The van der Waals surface area contributed by atoms with Crippen molar-refractivity contribution in [2.45, 2.75) is 0 Å². The van der Waals surface area contributed by atoms with E-state index in [-0.39, 0.29) is 0 Å². The Hall–Kier alpha value is -2.56. The van der Waals surface area contributed by atoms with Gasteiger partial charge in [-0.15, -0.1) is 0 Å². The van der Waals surface area contributed by atoms with Crippen molar-refractivity contribution in [3.63, 3.8) is 0 Å². The number of aromatic nitrogens is 2. The van der Waals surface area contributed by atoms with Crippen molar-refractivity contribution in [1.82, 2.24) is 9.97 Å². The Morgan fingerprint density at radius 1 is 1.06 bits per heavy atom. The molecule has 17 heavy (non-hydrogen) atoms. The molecular formula is C12H8N2O3. The van der Waals surface area contributed by atoms with Crippen LogP contribution in [0.4, 0.5) is 0 Å². The molecule has 3 rings (SSSR count). The molecule has 0 spiro atoms. The van der Waals surface area contributed by atoms with Gasteiger partial charge in [0.15, 0.2) is 0 Å². The summed E-state index contributed by atoms with van der Waals surface area (Å²) in [5, 5.41) is 0.910. The zero-order chi connectivity index (χ0) is 11.8. The molecule has 0 fully saturated rings. The van der Waals surface area contributed by atoms with Gasteiger partial charge in [-0.25, -0.2) is 4.79 Å². The van der Waals surface area contributed by atoms with E-state index in [2.05, 4.69) is 9.97 Å². The molecule has 0 saturated carbocycles. The number of para-hydroxylation sites is 1. The van der Waals surface area contributed by atoms with Crippen molar-refractivity contribution >= 4 is 11.0 Å². The molecule has 3 aromatic rings. The Bertz CT molecular complexity index is 795. The number of hydrogen-bond acceptors (Lipinski definition) is 3. The minimum Gasteiger partial charge on any atom is -0.464 e. The van der Waals surface area contributed by atoms with E-state index in [1.165, 1.54) is 6.20 Å². The van der Waals surface area contributed by atoms with Crippen LogP contribution in [0.25, 0.3) is 22.1 Å². The van der Waals surface area contributed by atoms with Crippen molar-refractivity contribution in [3.8, 4) is 11.1 Å². The Morgan fingerprint density at radius 3 is 2.76 bits per heavy atom. The third-order valence-electron chi connectivity index (χ3n) is 2.59. The molecule has 0 saturated heterocycles. The molecule has 5 heteroatoms. The summed E-state index contributed by atoms with van der Waals surface area (Å²) in [6.07, 6.45) is 2.95. The van der Waals surface area contributed by atoms with E-state index in [0.29, 0.717) is 16.7 Å². The van der Waals surface area contributed by atoms with Gasteiger partial charge in [-0.05, 0) is 6.07 Å². The third kappa shape index (κ3) is 1.48. The molecule has 2 N–H and O–H groups in total. The van der Waals surface area contributed by atoms with E-state index < -0.39 is 11.2 Å². The van der Waals surface area contributed by atoms with Gasteiger partial charge in [-0.3, -0.25) is 9.78 Å². The van der Waals surface area contributed by atoms with E-state index in [0.717, 1.165) is 5.39 Å². The highest BCUT2D eigenvalue weighted by molar-refractivity contribution is 5.91. The highest BCUT2D eigenvalue weighted by Gasteiger charge is 2.09. The molecule has 0 aliphatic carbocycles. The van der Waals surface area contributed by atoms with Gasteiger partial charge in [0.05, 0.1) is 11.8 Å². The van der Waals surface area contributed by atoms with Crippen LogP contribution in [-0.4, -0.2) is 9.97 Å². The standard InChI is InChI=1S/C12H8N2O3/c15-11-9(6-13-12(16)14-11)8-3-1-2-7-4-5-17-10(7)8/h1-6H,(H2,13,14,15,16). The second kappa shape index (κ2) is 3.48. The van der Waals surface area contributed by atoms with Crippen molar-refractivity contribution in [2.24, 2.45) is 0 Å². The van der Waals surface area contributed by atoms with Gasteiger partial charge in [0.2, 0.25) is 0 Å². The van der Waals surface area contributed by atoms with Crippen LogP contribution < -0.4 is 11.2 Å². The fourth-order valence-electron chi connectivity index (χ4n) is 1.81. The first kappa shape index (κ1) is 9.65. The fourth-order valence-corrected chi connectivity index (χ4v) is 1.81. The van der Waals surface area contributed by atoms with Crippen LogP contribution in [0.15, 0.2) is 50.7 Å². The normalized spacial score (nSPS) is 10.8. The number of furan rings is 1. The molecule has 0 amide bonds. The van der Waals surface area contributed by atoms with Crippen LogP contribution in [0.5, 0.6) is 0 Å². The molecule has 2 aromatic heterocycles. The molecule has 0 atom stereocenters. The molecule has 0 aliphatic rings. The molecule has 5 nitrogen and oxygen atoms in total. The molecule has 0 radical (unpaired) electrons. The smallest absolute Gasteiger partial charge is 0.325 e. The van der Waals surface area contributed by atoms with Gasteiger partial charge in [0.25, 0.3) is 5.56 Å². The van der Waals surface area contributed by atoms with Crippen LogP contribution in [0.3, 0.4) is 0 Å². The Balaban J connectivity index is 2.38. The van der Waals surface area contributed by atoms with E-state index in [1.54, 1.807) is 12.3 Å². The molecule has 0 unspecified atom stereocenters. The van der Waals surface area contributed by atoms with Crippen LogP contribution in [0, 0.1) is 0 Å². The number of rotatable bonds is 1. The molecule has 1 aromatic carbocycles. The monoisotopic (exact) mass is 228 g/mol. The lowest BCUT2D eigenvalue weighted by molar-refractivity contribution is 0.617. The summed E-state index contributed by atoms with van der Waals surface area (Å²) in [5.74, 6) is 0. The first-order valence-electron chi connectivity index (χ1n) is 5.04. The number of hydrogen-bond donors (Lipinski definition) is 2. The van der Waals surface area contributed by atoms with E-state index in [9.17, 15) is 9.59 Å². The maximum absolute atomic E-state index is 11.7. The van der Waals surface area contributed by atoms with Crippen LogP contribution in [0.1, 0.15) is 0 Å². The predicted octanol–water partition coefficient (Wildman–Crippen LogP) is 1.48. The first-order chi connectivity index (χ1) is 8.25. The van der Waals surface area contributed by atoms with E-state index >= 15 is 0 Å². The third-order valence-corrected chi connectivity index (χ3v) is 2.59. The second-order valence-corrected chi connectivity index (χ2v) is 3.63. The zero-order valence-electron chi connectivity index (χ0n) is 8.69. The lowest BCUT2D eigenvalue weighted by atomic mass is 10.1. The van der Waals surface area contributed by atoms with Crippen molar-refractivity contribution in [3.05, 3.63) is 57.6 Å². The number of nitrogens with one attached hydrogen (secondary N) is 2. The van der Waals surface area contributed by atoms with Crippen molar-refractivity contribution < 1.29 is 4.42 Å². The summed E-state index contributed by atoms with van der Waals surface area (Å²) in [4.78, 5) is 27.3. The van der Waals surface area contributed by atoms with E-state index in [1.807, 2.05) is 18.2 Å². The summed E-state index contributed by atoms with van der Waals surface area (Å²) < 4.78 is 5.34. The average Bonchev–Trinajstić information content (AvgIpc) is 2.77. The minimum absolute atomic E-state index is 0.380. The largest absolute Gasteiger partial charge is 0.464 e. The summed E-state index contributed by atoms with van der Waals surface area (Å²) in [5.41, 5.74) is 0.711. The van der Waals surface area contributed by atoms with Gasteiger partial charge in [0.1, 0.15) is 5.58 Å². The lowest BCUT2D eigenvalue weighted by Gasteiger charge is -2.00. The molecule has 84 valence electrons.